The lowest BCUT2D eigenvalue weighted by Gasteiger charge is -2.27. The predicted octanol–water partition coefficient (Wildman–Crippen LogP) is 4.22. The van der Waals surface area contributed by atoms with E-state index >= 15 is 0 Å². The summed E-state index contributed by atoms with van der Waals surface area (Å²) in [6.45, 7) is 6.99. The minimum absolute atomic E-state index is 0.251. The Hall–Kier alpha value is -3.06. The average Bonchev–Trinajstić information content (AvgIpc) is 2.93. The van der Waals surface area contributed by atoms with Crippen molar-refractivity contribution in [2.24, 2.45) is 0 Å². The number of benzene rings is 3. The van der Waals surface area contributed by atoms with E-state index in [1.54, 1.807) is 24.3 Å². The summed E-state index contributed by atoms with van der Waals surface area (Å²) < 4.78 is 27.2. The van der Waals surface area contributed by atoms with Crippen molar-refractivity contribution in [3.05, 3.63) is 60.7 Å². The molecule has 0 bridgehead atoms. The van der Waals surface area contributed by atoms with E-state index in [1.165, 1.54) is 4.31 Å². The molecule has 3 aromatic carbocycles. The Kier molecular flexibility index (Phi) is 5.15. The molecule has 0 fully saturated rings. The van der Waals surface area contributed by atoms with Crippen LogP contribution in [-0.2, 0) is 14.8 Å². The quantitative estimate of drug-likeness (QED) is 0.644. The molecule has 1 amide bonds. The molecule has 3 aromatic rings. The minimum Gasteiger partial charge on any atom is -0.369 e. The normalized spacial score (nSPS) is 14.3. The second-order valence-corrected chi connectivity index (χ2v) is 9.45. The SMILES string of the molecule is CCN(c1ccc(NC(=O)CN2c3cccc4cccc(c34)S2(=O)=O)cc1)C(C)C. The van der Waals surface area contributed by atoms with E-state index in [1.807, 2.05) is 36.4 Å². The van der Waals surface area contributed by atoms with Gasteiger partial charge in [-0.1, -0.05) is 24.3 Å². The summed E-state index contributed by atoms with van der Waals surface area (Å²) in [4.78, 5) is 15.2. The van der Waals surface area contributed by atoms with Crippen LogP contribution in [0, 0.1) is 0 Å². The summed E-state index contributed by atoms with van der Waals surface area (Å²) in [5.74, 6) is -0.382. The Morgan fingerprint density at radius 2 is 1.70 bits per heavy atom. The highest BCUT2D eigenvalue weighted by Crippen LogP contribution is 2.41. The molecule has 0 atom stereocenters. The highest BCUT2D eigenvalue weighted by Gasteiger charge is 2.36. The van der Waals surface area contributed by atoms with Gasteiger partial charge in [-0.05, 0) is 62.6 Å². The molecular formula is C23H25N3O3S. The van der Waals surface area contributed by atoms with Crippen LogP contribution in [0.5, 0.6) is 0 Å². The molecule has 0 spiro atoms. The van der Waals surface area contributed by atoms with Crippen molar-refractivity contribution >= 4 is 43.8 Å². The number of nitrogens with zero attached hydrogens (tertiary/aromatic N) is 2. The number of rotatable bonds is 6. The maximum absolute atomic E-state index is 13.0. The first-order chi connectivity index (χ1) is 14.3. The van der Waals surface area contributed by atoms with Gasteiger partial charge in [0.15, 0.2) is 0 Å². The Morgan fingerprint density at radius 3 is 2.33 bits per heavy atom. The van der Waals surface area contributed by atoms with Crippen molar-refractivity contribution in [3.63, 3.8) is 0 Å². The molecular weight excluding hydrogens is 398 g/mol. The Labute approximate surface area is 177 Å². The summed E-state index contributed by atoms with van der Waals surface area (Å²) in [5, 5.41) is 4.33. The summed E-state index contributed by atoms with van der Waals surface area (Å²) in [5.41, 5.74) is 2.26. The van der Waals surface area contributed by atoms with Gasteiger partial charge in [0, 0.05) is 29.3 Å². The molecule has 4 rings (SSSR count). The molecule has 30 heavy (non-hydrogen) atoms. The fraction of sp³-hybridized carbons (Fsp3) is 0.261. The van der Waals surface area contributed by atoms with Crippen molar-refractivity contribution in [1.82, 2.24) is 0 Å². The lowest BCUT2D eigenvalue weighted by molar-refractivity contribution is -0.114. The third kappa shape index (κ3) is 3.39. The summed E-state index contributed by atoms with van der Waals surface area (Å²) in [6.07, 6.45) is 0. The molecule has 6 nitrogen and oxygen atoms in total. The molecule has 7 heteroatoms. The summed E-state index contributed by atoms with van der Waals surface area (Å²) >= 11 is 0. The number of hydrogen-bond donors (Lipinski definition) is 1. The molecule has 0 aromatic heterocycles. The van der Waals surface area contributed by atoms with Crippen LogP contribution in [0.3, 0.4) is 0 Å². The lowest BCUT2D eigenvalue weighted by Crippen LogP contribution is -2.35. The third-order valence-electron chi connectivity index (χ3n) is 5.42. The maximum atomic E-state index is 13.0. The topological polar surface area (TPSA) is 69.7 Å². The number of carbonyl (C=O) groups is 1. The highest BCUT2D eigenvalue weighted by molar-refractivity contribution is 7.93. The van der Waals surface area contributed by atoms with Gasteiger partial charge in [0.1, 0.15) is 6.54 Å². The lowest BCUT2D eigenvalue weighted by atomic mass is 10.1. The Bertz CT molecular complexity index is 1200. The van der Waals surface area contributed by atoms with Gasteiger partial charge >= 0.3 is 0 Å². The van der Waals surface area contributed by atoms with Crippen LogP contribution in [0.15, 0.2) is 65.6 Å². The zero-order valence-electron chi connectivity index (χ0n) is 17.3. The van der Waals surface area contributed by atoms with Crippen LogP contribution >= 0.6 is 0 Å². The zero-order chi connectivity index (χ0) is 21.5. The van der Waals surface area contributed by atoms with Crippen LogP contribution in [0.1, 0.15) is 20.8 Å². The maximum Gasteiger partial charge on any atom is 0.265 e. The van der Waals surface area contributed by atoms with Crippen LogP contribution in [0.25, 0.3) is 10.8 Å². The fourth-order valence-corrected chi connectivity index (χ4v) is 5.71. The Morgan fingerprint density at radius 1 is 1.03 bits per heavy atom. The molecule has 156 valence electrons. The molecule has 1 aliphatic rings. The average molecular weight is 424 g/mol. The van der Waals surface area contributed by atoms with E-state index in [0.717, 1.165) is 17.6 Å². The minimum atomic E-state index is -3.75. The molecule has 1 N–H and O–H groups in total. The van der Waals surface area contributed by atoms with Gasteiger partial charge in [-0.2, -0.15) is 0 Å². The first-order valence-electron chi connectivity index (χ1n) is 10.0. The van der Waals surface area contributed by atoms with E-state index in [9.17, 15) is 13.2 Å². The van der Waals surface area contributed by atoms with Gasteiger partial charge in [-0.3, -0.25) is 9.10 Å². The van der Waals surface area contributed by atoms with Crippen molar-refractivity contribution in [2.75, 3.05) is 27.6 Å². The van der Waals surface area contributed by atoms with Crippen molar-refractivity contribution in [3.8, 4) is 0 Å². The molecule has 1 aliphatic heterocycles. The van der Waals surface area contributed by atoms with Gasteiger partial charge in [0.2, 0.25) is 5.91 Å². The Balaban J connectivity index is 1.53. The predicted molar refractivity (Wildman–Crippen MR) is 122 cm³/mol. The first kappa shape index (κ1) is 20.2. The highest BCUT2D eigenvalue weighted by atomic mass is 32.2. The first-order valence-corrected chi connectivity index (χ1v) is 11.5. The van der Waals surface area contributed by atoms with Crippen molar-refractivity contribution < 1.29 is 13.2 Å². The molecule has 0 aliphatic carbocycles. The van der Waals surface area contributed by atoms with Crippen LogP contribution in [0.4, 0.5) is 17.1 Å². The number of carbonyl (C=O) groups excluding carboxylic acids is 1. The van der Waals surface area contributed by atoms with Crippen LogP contribution in [0.2, 0.25) is 0 Å². The third-order valence-corrected chi connectivity index (χ3v) is 7.22. The number of nitrogens with one attached hydrogen (secondary N) is 1. The van der Waals surface area contributed by atoms with E-state index in [2.05, 4.69) is 31.0 Å². The smallest absolute Gasteiger partial charge is 0.265 e. The monoisotopic (exact) mass is 423 g/mol. The van der Waals surface area contributed by atoms with Crippen LogP contribution < -0.4 is 14.5 Å². The van der Waals surface area contributed by atoms with E-state index in [-0.39, 0.29) is 17.3 Å². The molecule has 0 radical (unpaired) electrons. The largest absolute Gasteiger partial charge is 0.369 e. The van der Waals surface area contributed by atoms with Crippen molar-refractivity contribution in [2.45, 2.75) is 31.7 Å². The fourth-order valence-electron chi connectivity index (χ4n) is 4.04. The molecule has 0 saturated heterocycles. The summed E-state index contributed by atoms with van der Waals surface area (Å²) in [6, 6.07) is 18.6. The van der Waals surface area contributed by atoms with Crippen LogP contribution in [-0.4, -0.2) is 33.5 Å². The van der Waals surface area contributed by atoms with E-state index < -0.39 is 10.0 Å². The van der Waals surface area contributed by atoms with Gasteiger partial charge in [0.05, 0.1) is 10.6 Å². The summed E-state index contributed by atoms with van der Waals surface area (Å²) in [7, 11) is -3.75. The number of sulfonamides is 1. The van der Waals surface area contributed by atoms with E-state index in [0.29, 0.717) is 22.8 Å². The van der Waals surface area contributed by atoms with Gasteiger partial charge in [-0.15, -0.1) is 0 Å². The second-order valence-electron chi connectivity index (χ2n) is 7.62. The van der Waals surface area contributed by atoms with Crippen molar-refractivity contribution in [1.29, 1.82) is 0 Å². The molecule has 1 heterocycles. The second kappa shape index (κ2) is 7.65. The number of amides is 1. The zero-order valence-corrected chi connectivity index (χ0v) is 18.1. The van der Waals surface area contributed by atoms with Gasteiger partial charge in [0.25, 0.3) is 10.0 Å². The number of anilines is 3. The molecule has 0 unspecified atom stereocenters. The van der Waals surface area contributed by atoms with E-state index in [4.69, 9.17) is 0 Å². The van der Waals surface area contributed by atoms with Gasteiger partial charge < -0.3 is 10.2 Å². The standard InChI is InChI=1S/C23H25N3O3S/c1-4-25(16(2)3)19-13-11-18(12-14-19)24-22(27)15-26-20-9-5-7-17-8-6-10-21(23(17)20)30(26,28)29/h5-14,16H,4,15H2,1-3H3,(H,24,27). The number of hydrogen-bond acceptors (Lipinski definition) is 4. The van der Waals surface area contributed by atoms with Gasteiger partial charge in [-0.25, -0.2) is 8.42 Å². The molecule has 0 saturated carbocycles.